The molecular formula is C17H21ClF2N2O3. The number of nitrogens with zero attached hydrogens (tertiary/aromatic N) is 1. The van der Waals surface area contributed by atoms with Gasteiger partial charge in [0.1, 0.15) is 11.3 Å². The molecule has 0 spiro atoms. The van der Waals surface area contributed by atoms with Crippen molar-refractivity contribution in [1.82, 2.24) is 10.2 Å². The van der Waals surface area contributed by atoms with Crippen LogP contribution in [0.4, 0.5) is 8.78 Å². The molecule has 1 amide bonds. The molecule has 2 saturated heterocycles. The highest BCUT2D eigenvalue weighted by molar-refractivity contribution is 5.95. The van der Waals surface area contributed by atoms with Crippen LogP contribution in [0.3, 0.4) is 0 Å². The van der Waals surface area contributed by atoms with E-state index in [0.29, 0.717) is 11.3 Å². The lowest BCUT2D eigenvalue weighted by molar-refractivity contribution is 0.0456. The van der Waals surface area contributed by atoms with Crippen molar-refractivity contribution in [3.8, 4) is 0 Å². The first-order valence-electron chi connectivity index (χ1n) is 8.42. The van der Waals surface area contributed by atoms with Crippen LogP contribution in [0.15, 0.2) is 15.3 Å². The number of rotatable bonds is 2. The fourth-order valence-electron chi connectivity index (χ4n) is 4.02. The second kappa shape index (κ2) is 6.36. The zero-order valence-corrected chi connectivity index (χ0v) is 14.7. The number of aryl methyl sites for hydroxylation is 1. The molecule has 3 atom stereocenters. The molecule has 1 aromatic rings. The van der Waals surface area contributed by atoms with Gasteiger partial charge in [-0.25, -0.2) is 13.6 Å². The van der Waals surface area contributed by atoms with E-state index in [-0.39, 0.29) is 37.0 Å². The summed E-state index contributed by atoms with van der Waals surface area (Å²) in [6.45, 7) is 3.45. The molecule has 8 heteroatoms. The van der Waals surface area contributed by atoms with E-state index in [2.05, 4.69) is 5.32 Å². The van der Waals surface area contributed by atoms with Gasteiger partial charge in [0.2, 0.25) is 0 Å². The normalized spacial score (nSPS) is 29.7. The second-order valence-electron chi connectivity index (χ2n) is 7.14. The van der Waals surface area contributed by atoms with Crippen LogP contribution in [-0.2, 0) is 0 Å². The highest BCUT2D eigenvalue weighted by atomic mass is 35.5. The van der Waals surface area contributed by atoms with Crippen LogP contribution in [0.5, 0.6) is 0 Å². The molecular weight excluding hydrogens is 354 g/mol. The van der Waals surface area contributed by atoms with Gasteiger partial charge in [0, 0.05) is 25.6 Å². The SMILES string of the molecule is Cc1cc(C2CCCNC2)oc(=O)c1C(=O)N1CC2C(C1)C2(F)F.Cl. The van der Waals surface area contributed by atoms with Crippen LogP contribution in [0.25, 0.3) is 0 Å². The molecule has 2 aliphatic heterocycles. The summed E-state index contributed by atoms with van der Waals surface area (Å²) in [5.74, 6) is -3.90. The van der Waals surface area contributed by atoms with Crippen LogP contribution in [0.2, 0.25) is 0 Å². The van der Waals surface area contributed by atoms with Gasteiger partial charge in [-0.05, 0) is 37.9 Å². The monoisotopic (exact) mass is 374 g/mol. The number of likely N-dealkylation sites (tertiary alicyclic amines) is 1. The Kier molecular flexibility index (Phi) is 4.66. The van der Waals surface area contributed by atoms with Crippen molar-refractivity contribution in [3.05, 3.63) is 33.4 Å². The van der Waals surface area contributed by atoms with Gasteiger partial charge in [0.25, 0.3) is 11.8 Å². The molecule has 1 aliphatic carbocycles. The molecule has 3 fully saturated rings. The van der Waals surface area contributed by atoms with Crippen molar-refractivity contribution >= 4 is 18.3 Å². The number of fused-ring (bicyclic) bond motifs is 1. The van der Waals surface area contributed by atoms with E-state index in [1.807, 2.05) is 0 Å². The lowest BCUT2D eigenvalue weighted by atomic mass is 9.95. The summed E-state index contributed by atoms with van der Waals surface area (Å²) in [5, 5.41) is 3.26. The molecule has 3 heterocycles. The fourth-order valence-corrected chi connectivity index (χ4v) is 4.02. The minimum atomic E-state index is -2.64. The number of carbonyl (C=O) groups excluding carboxylic acids is 1. The Hall–Kier alpha value is -1.47. The number of carbonyl (C=O) groups is 1. The molecule has 3 unspecified atom stereocenters. The van der Waals surface area contributed by atoms with Crippen molar-refractivity contribution < 1.29 is 18.0 Å². The number of hydrogen-bond donors (Lipinski definition) is 1. The molecule has 5 nitrogen and oxygen atoms in total. The van der Waals surface area contributed by atoms with Crippen molar-refractivity contribution in [3.63, 3.8) is 0 Å². The summed E-state index contributed by atoms with van der Waals surface area (Å²) >= 11 is 0. The van der Waals surface area contributed by atoms with E-state index in [1.165, 1.54) is 4.90 Å². The first kappa shape index (κ1) is 18.3. The zero-order chi connectivity index (χ0) is 17.1. The molecule has 1 aromatic heterocycles. The smallest absolute Gasteiger partial charge is 0.349 e. The lowest BCUT2D eigenvalue weighted by Crippen LogP contribution is -2.37. The van der Waals surface area contributed by atoms with E-state index >= 15 is 0 Å². The van der Waals surface area contributed by atoms with E-state index in [9.17, 15) is 18.4 Å². The third-order valence-electron chi connectivity index (χ3n) is 5.57. The Morgan fingerprint density at radius 2 is 2.04 bits per heavy atom. The van der Waals surface area contributed by atoms with Gasteiger partial charge in [0.15, 0.2) is 0 Å². The highest BCUT2D eigenvalue weighted by Crippen LogP contribution is 2.59. The molecule has 138 valence electrons. The van der Waals surface area contributed by atoms with Crippen LogP contribution in [0.1, 0.15) is 40.4 Å². The Balaban J connectivity index is 0.00000182. The van der Waals surface area contributed by atoms with Crippen LogP contribution >= 0.6 is 12.4 Å². The number of halogens is 3. The zero-order valence-electron chi connectivity index (χ0n) is 13.9. The van der Waals surface area contributed by atoms with E-state index in [0.717, 1.165) is 25.9 Å². The molecule has 25 heavy (non-hydrogen) atoms. The van der Waals surface area contributed by atoms with Gasteiger partial charge in [-0.2, -0.15) is 0 Å². The summed E-state index contributed by atoms with van der Waals surface area (Å²) in [4.78, 5) is 26.3. The highest BCUT2D eigenvalue weighted by Gasteiger charge is 2.72. The van der Waals surface area contributed by atoms with Gasteiger partial charge in [-0.3, -0.25) is 4.79 Å². The Morgan fingerprint density at radius 1 is 1.36 bits per heavy atom. The summed E-state index contributed by atoms with van der Waals surface area (Å²) in [7, 11) is 0. The number of piperidine rings is 2. The standard InChI is InChI=1S/C17H20F2N2O3.ClH/c1-9-5-13(10-3-2-4-20-6-10)24-16(23)14(9)15(22)21-7-11-12(8-21)17(11,18)19;/h5,10-12,20H,2-4,6-8H2,1H3;1H. The number of amides is 1. The van der Waals surface area contributed by atoms with E-state index in [4.69, 9.17) is 4.42 Å². The summed E-state index contributed by atoms with van der Waals surface area (Å²) in [6, 6.07) is 1.75. The third-order valence-corrected chi connectivity index (χ3v) is 5.57. The first-order chi connectivity index (χ1) is 11.4. The maximum Gasteiger partial charge on any atom is 0.349 e. The van der Waals surface area contributed by atoms with E-state index in [1.54, 1.807) is 13.0 Å². The van der Waals surface area contributed by atoms with E-state index < -0.39 is 29.3 Å². The molecule has 0 radical (unpaired) electrons. The maximum atomic E-state index is 13.3. The average molecular weight is 375 g/mol. The molecule has 0 bridgehead atoms. The lowest BCUT2D eigenvalue weighted by Gasteiger charge is -2.23. The quantitative estimate of drug-likeness (QED) is 0.861. The summed E-state index contributed by atoms with van der Waals surface area (Å²) in [5.41, 5.74) is -0.121. The number of alkyl halides is 2. The minimum Gasteiger partial charge on any atom is -0.427 e. The Morgan fingerprint density at radius 3 is 2.60 bits per heavy atom. The van der Waals surface area contributed by atoms with Crippen LogP contribution < -0.4 is 10.9 Å². The second-order valence-corrected chi connectivity index (χ2v) is 7.14. The van der Waals surface area contributed by atoms with Gasteiger partial charge in [-0.1, -0.05) is 0 Å². The van der Waals surface area contributed by atoms with Crippen molar-refractivity contribution in [2.75, 3.05) is 26.2 Å². The maximum absolute atomic E-state index is 13.3. The van der Waals surface area contributed by atoms with Crippen molar-refractivity contribution in [1.29, 1.82) is 0 Å². The third kappa shape index (κ3) is 2.97. The molecule has 0 aromatic carbocycles. The summed E-state index contributed by atoms with van der Waals surface area (Å²) < 4.78 is 31.9. The molecule has 1 N–H and O–H groups in total. The van der Waals surface area contributed by atoms with Gasteiger partial charge >= 0.3 is 5.63 Å². The van der Waals surface area contributed by atoms with Crippen molar-refractivity contribution in [2.24, 2.45) is 11.8 Å². The summed E-state index contributed by atoms with van der Waals surface area (Å²) in [6.07, 6.45) is 1.95. The predicted molar refractivity (Wildman–Crippen MR) is 89.6 cm³/mol. The van der Waals surface area contributed by atoms with Crippen molar-refractivity contribution in [2.45, 2.75) is 31.6 Å². The Labute approximate surface area is 150 Å². The predicted octanol–water partition coefficient (Wildman–Crippen LogP) is 2.17. The molecule has 4 rings (SSSR count). The topological polar surface area (TPSA) is 62.6 Å². The Bertz CT molecular complexity index is 732. The largest absolute Gasteiger partial charge is 0.427 e. The van der Waals surface area contributed by atoms with Crippen LogP contribution in [-0.4, -0.2) is 42.9 Å². The van der Waals surface area contributed by atoms with Gasteiger partial charge < -0.3 is 14.6 Å². The van der Waals surface area contributed by atoms with Gasteiger partial charge in [-0.15, -0.1) is 12.4 Å². The minimum absolute atomic E-state index is 0. The molecule has 3 aliphatic rings. The average Bonchev–Trinajstić information content (AvgIpc) is 2.91. The molecule has 1 saturated carbocycles. The first-order valence-corrected chi connectivity index (χ1v) is 8.42. The number of nitrogens with one attached hydrogen (secondary N) is 1. The fraction of sp³-hybridized carbons (Fsp3) is 0.647. The van der Waals surface area contributed by atoms with Crippen LogP contribution in [0, 0.1) is 18.8 Å². The number of hydrogen-bond acceptors (Lipinski definition) is 4. The van der Waals surface area contributed by atoms with Gasteiger partial charge in [0.05, 0.1) is 11.8 Å².